The van der Waals surface area contributed by atoms with Crippen LogP contribution >= 0.6 is 15.9 Å². The Kier molecular flexibility index (Phi) is 5.05. The maximum Gasteiger partial charge on any atom is 0.260 e. The third-order valence-corrected chi connectivity index (χ3v) is 2.74. The van der Waals surface area contributed by atoms with Crippen LogP contribution in [-0.2, 0) is 0 Å². The summed E-state index contributed by atoms with van der Waals surface area (Å²) >= 11 is 3.21. The van der Waals surface area contributed by atoms with Gasteiger partial charge in [-0.1, -0.05) is 22.0 Å². The van der Waals surface area contributed by atoms with Crippen molar-refractivity contribution in [1.82, 2.24) is 4.90 Å². The molecule has 17 heavy (non-hydrogen) atoms. The van der Waals surface area contributed by atoms with E-state index in [-0.39, 0.29) is 6.04 Å². The molecular formula is C12H14BrF2NO. The SMILES string of the molecule is CC(C)N(CCBr)C(=O)c1c(F)cccc1F. The molecule has 0 saturated carbocycles. The predicted octanol–water partition coefficient (Wildman–Crippen LogP) is 3.21. The van der Waals surface area contributed by atoms with Gasteiger partial charge >= 0.3 is 0 Å². The van der Waals surface area contributed by atoms with E-state index in [2.05, 4.69) is 15.9 Å². The average Bonchev–Trinajstić information content (AvgIpc) is 2.24. The molecule has 0 unspecified atom stereocenters. The zero-order chi connectivity index (χ0) is 13.0. The number of alkyl halides is 1. The van der Waals surface area contributed by atoms with Crippen LogP contribution in [0.15, 0.2) is 18.2 Å². The highest BCUT2D eigenvalue weighted by Gasteiger charge is 2.24. The summed E-state index contributed by atoms with van der Waals surface area (Å²) in [6.45, 7) is 4.02. The number of amides is 1. The van der Waals surface area contributed by atoms with Crippen molar-refractivity contribution in [3.8, 4) is 0 Å². The Labute approximate surface area is 108 Å². The molecule has 1 rings (SSSR count). The summed E-state index contributed by atoms with van der Waals surface area (Å²) in [5, 5.41) is 0.562. The van der Waals surface area contributed by atoms with Gasteiger partial charge < -0.3 is 4.90 Å². The average molecular weight is 306 g/mol. The molecule has 0 aliphatic heterocycles. The van der Waals surface area contributed by atoms with Crippen molar-refractivity contribution in [2.75, 3.05) is 11.9 Å². The van der Waals surface area contributed by atoms with E-state index in [9.17, 15) is 13.6 Å². The molecule has 0 radical (unpaired) electrons. The smallest absolute Gasteiger partial charge is 0.260 e. The second kappa shape index (κ2) is 6.10. The van der Waals surface area contributed by atoms with Gasteiger partial charge in [-0.15, -0.1) is 0 Å². The van der Waals surface area contributed by atoms with Crippen LogP contribution in [0.1, 0.15) is 24.2 Å². The minimum Gasteiger partial charge on any atom is -0.335 e. The molecule has 1 amide bonds. The van der Waals surface area contributed by atoms with Crippen LogP contribution in [0.4, 0.5) is 8.78 Å². The first kappa shape index (κ1) is 14.1. The Morgan fingerprint density at radius 3 is 2.29 bits per heavy atom. The Morgan fingerprint density at radius 2 is 1.88 bits per heavy atom. The molecule has 5 heteroatoms. The molecule has 1 aromatic rings. The van der Waals surface area contributed by atoms with E-state index in [4.69, 9.17) is 0 Å². The number of nitrogens with zero attached hydrogens (tertiary/aromatic N) is 1. The molecule has 0 aliphatic carbocycles. The molecule has 0 aromatic heterocycles. The van der Waals surface area contributed by atoms with Gasteiger partial charge in [0, 0.05) is 17.9 Å². The van der Waals surface area contributed by atoms with Crippen LogP contribution in [-0.4, -0.2) is 28.7 Å². The Bertz CT molecular complexity index is 389. The maximum absolute atomic E-state index is 13.5. The third kappa shape index (κ3) is 3.25. The second-order valence-corrected chi connectivity index (χ2v) is 4.67. The molecule has 0 N–H and O–H groups in total. The number of halogens is 3. The normalized spacial score (nSPS) is 10.7. The van der Waals surface area contributed by atoms with Crippen molar-refractivity contribution in [3.63, 3.8) is 0 Å². The van der Waals surface area contributed by atoms with E-state index in [0.29, 0.717) is 11.9 Å². The van der Waals surface area contributed by atoms with Crippen LogP contribution < -0.4 is 0 Å². The summed E-state index contributed by atoms with van der Waals surface area (Å²) in [6.07, 6.45) is 0. The first-order chi connectivity index (χ1) is 7.99. The van der Waals surface area contributed by atoms with Crippen LogP contribution in [0.3, 0.4) is 0 Å². The van der Waals surface area contributed by atoms with Crippen LogP contribution in [0.2, 0.25) is 0 Å². The van der Waals surface area contributed by atoms with Crippen molar-refractivity contribution < 1.29 is 13.6 Å². The van der Waals surface area contributed by atoms with Crippen molar-refractivity contribution in [3.05, 3.63) is 35.4 Å². The summed E-state index contributed by atoms with van der Waals surface area (Å²) in [5.74, 6) is -2.26. The fraction of sp³-hybridized carbons (Fsp3) is 0.417. The summed E-state index contributed by atoms with van der Waals surface area (Å²) < 4.78 is 26.9. The molecule has 0 spiro atoms. The molecule has 94 valence electrons. The monoisotopic (exact) mass is 305 g/mol. The highest BCUT2D eigenvalue weighted by molar-refractivity contribution is 9.09. The third-order valence-electron chi connectivity index (χ3n) is 2.39. The minimum atomic E-state index is -0.824. The zero-order valence-electron chi connectivity index (χ0n) is 9.71. The molecule has 0 aliphatic rings. The molecule has 0 bridgehead atoms. The standard InChI is InChI=1S/C12H14BrF2NO/c1-8(2)16(7-6-13)12(17)11-9(14)4-3-5-10(11)15/h3-5,8H,6-7H2,1-2H3. The first-order valence-corrected chi connectivity index (χ1v) is 6.42. The number of rotatable bonds is 4. The second-order valence-electron chi connectivity index (χ2n) is 3.88. The number of hydrogen-bond donors (Lipinski definition) is 0. The Hall–Kier alpha value is -0.970. The Balaban J connectivity index is 3.09. The van der Waals surface area contributed by atoms with Gasteiger partial charge in [0.25, 0.3) is 5.91 Å². The quantitative estimate of drug-likeness (QED) is 0.782. The molecule has 0 heterocycles. The van der Waals surface area contributed by atoms with E-state index in [0.717, 1.165) is 12.1 Å². The zero-order valence-corrected chi connectivity index (χ0v) is 11.3. The van der Waals surface area contributed by atoms with Gasteiger partial charge in [-0.05, 0) is 26.0 Å². The molecular weight excluding hydrogens is 292 g/mol. The molecule has 0 atom stereocenters. The summed E-state index contributed by atoms with van der Waals surface area (Å²) in [7, 11) is 0. The van der Waals surface area contributed by atoms with Crippen molar-refractivity contribution in [1.29, 1.82) is 0 Å². The van der Waals surface area contributed by atoms with Gasteiger partial charge in [0.05, 0.1) is 0 Å². The number of benzene rings is 1. The lowest BCUT2D eigenvalue weighted by Crippen LogP contribution is -2.39. The van der Waals surface area contributed by atoms with Crippen LogP contribution in [0, 0.1) is 11.6 Å². The van der Waals surface area contributed by atoms with Crippen molar-refractivity contribution in [2.24, 2.45) is 0 Å². The lowest BCUT2D eigenvalue weighted by Gasteiger charge is -2.26. The van der Waals surface area contributed by atoms with Crippen molar-refractivity contribution in [2.45, 2.75) is 19.9 Å². The topological polar surface area (TPSA) is 20.3 Å². The van der Waals surface area contributed by atoms with Crippen LogP contribution in [0.5, 0.6) is 0 Å². The number of hydrogen-bond acceptors (Lipinski definition) is 1. The van der Waals surface area contributed by atoms with E-state index >= 15 is 0 Å². The van der Waals surface area contributed by atoms with E-state index in [1.807, 2.05) is 0 Å². The number of carbonyl (C=O) groups excluding carboxylic acids is 1. The highest BCUT2D eigenvalue weighted by atomic mass is 79.9. The summed E-state index contributed by atoms with van der Waals surface area (Å²) in [6, 6.07) is 3.30. The van der Waals surface area contributed by atoms with Gasteiger partial charge in [-0.25, -0.2) is 8.78 Å². The van der Waals surface area contributed by atoms with Gasteiger partial charge in [0.1, 0.15) is 17.2 Å². The fourth-order valence-corrected chi connectivity index (χ4v) is 1.91. The molecule has 1 aromatic carbocycles. The van der Waals surface area contributed by atoms with E-state index in [1.165, 1.54) is 11.0 Å². The lowest BCUT2D eigenvalue weighted by atomic mass is 10.1. The van der Waals surface area contributed by atoms with Gasteiger partial charge in [0.2, 0.25) is 0 Å². The van der Waals surface area contributed by atoms with Crippen molar-refractivity contribution >= 4 is 21.8 Å². The first-order valence-electron chi connectivity index (χ1n) is 5.30. The number of carbonyl (C=O) groups is 1. The predicted molar refractivity (Wildman–Crippen MR) is 66.3 cm³/mol. The fourth-order valence-electron chi connectivity index (χ4n) is 1.53. The molecule has 2 nitrogen and oxygen atoms in total. The summed E-state index contributed by atoms with van der Waals surface area (Å²) in [5.41, 5.74) is -0.484. The summed E-state index contributed by atoms with van der Waals surface area (Å²) in [4.78, 5) is 13.5. The van der Waals surface area contributed by atoms with Gasteiger partial charge in [-0.3, -0.25) is 4.79 Å². The Morgan fingerprint density at radius 1 is 1.35 bits per heavy atom. The largest absolute Gasteiger partial charge is 0.335 e. The minimum absolute atomic E-state index is 0.112. The molecule has 0 saturated heterocycles. The van der Waals surface area contributed by atoms with E-state index in [1.54, 1.807) is 13.8 Å². The molecule has 0 fully saturated rings. The maximum atomic E-state index is 13.5. The highest BCUT2D eigenvalue weighted by Crippen LogP contribution is 2.16. The van der Waals surface area contributed by atoms with Gasteiger partial charge in [-0.2, -0.15) is 0 Å². The lowest BCUT2D eigenvalue weighted by molar-refractivity contribution is 0.0709. The van der Waals surface area contributed by atoms with Gasteiger partial charge in [0.15, 0.2) is 0 Å². The van der Waals surface area contributed by atoms with E-state index < -0.39 is 23.1 Å². The van der Waals surface area contributed by atoms with Crippen LogP contribution in [0.25, 0.3) is 0 Å².